The molecule has 1 amide bonds. The van der Waals surface area contributed by atoms with Crippen molar-refractivity contribution in [2.45, 2.75) is 20.1 Å². The van der Waals surface area contributed by atoms with E-state index in [1.54, 1.807) is 12.1 Å². The second-order valence-corrected chi connectivity index (χ2v) is 9.85. The lowest BCUT2D eigenvalue weighted by molar-refractivity contribution is -0.135. The number of pyridine rings is 1. The monoisotopic (exact) mass is 607 g/mol. The molecule has 1 aromatic heterocycles. The molecule has 4 aromatic rings. The Labute approximate surface area is 224 Å². The number of hydrogen-bond acceptors (Lipinski definition) is 6. The van der Waals surface area contributed by atoms with Crippen LogP contribution in [0, 0.1) is 0 Å². The minimum atomic E-state index is -0.851. The molecular formula is C27H19Br2N3O4. The van der Waals surface area contributed by atoms with Gasteiger partial charge in [0.2, 0.25) is 18.0 Å². The van der Waals surface area contributed by atoms with Crippen LogP contribution in [-0.2, 0) is 14.3 Å². The van der Waals surface area contributed by atoms with Gasteiger partial charge in [-0.3, -0.25) is 9.59 Å². The molecule has 0 saturated carbocycles. The molecule has 0 radical (unpaired) electrons. The minimum absolute atomic E-state index is 0.149. The summed E-state index contributed by atoms with van der Waals surface area (Å²) in [7, 11) is 0. The summed E-state index contributed by atoms with van der Waals surface area (Å²) in [6.45, 7) is 2.74. The van der Waals surface area contributed by atoms with Gasteiger partial charge < -0.3 is 9.47 Å². The summed E-state index contributed by atoms with van der Waals surface area (Å²) in [5.74, 6) is -0.403. The highest BCUT2D eigenvalue weighted by Gasteiger charge is 2.36. The Bertz CT molecular complexity index is 1540. The van der Waals surface area contributed by atoms with Gasteiger partial charge in [0.25, 0.3) is 0 Å². The van der Waals surface area contributed by atoms with Gasteiger partial charge in [0, 0.05) is 34.8 Å². The molecule has 2 heterocycles. The number of amides is 1. The molecule has 0 bridgehead atoms. The highest BCUT2D eigenvalue weighted by molar-refractivity contribution is 9.11. The standard InChI is InChI=1S/C27H19Br2N3O4/c1-15(33)32-27(36-26(31-32)21-12-18(28)13-22(29)25(21)35-16(2)34)20-14-24(17-8-4-3-5-9-17)30-23-11-7-6-10-19(20)23/h3-14,27H,1-2H3/t27-/m1/s1. The number of hydrogen-bond donors (Lipinski definition) is 0. The number of ether oxygens (including phenoxy) is 2. The molecule has 5 rings (SSSR count). The Morgan fingerprint density at radius 1 is 0.972 bits per heavy atom. The van der Waals surface area contributed by atoms with Gasteiger partial charge in [0.1, 0.15) is 0 Å². The van der Waals surface area contributed by atoms with Gasteiger partial charge in [-0.1, -0.05) is 64.5 Å². The molecule has 0 unspecified atom stereocenters. The van der Waals surface area contributed by atoms with Crippen LogP contribution in [-0.4, -0.2) is 27.8 Å². The van der Waals surface area contributed by atoms with E-state index in [2.05, 4.69) is 37.0 Å². The maximum absolute atomic E-state index is 12.7. The fourth-order valence-corrected chi connectivity index (χ4v) is 5.31. The Kier molecular flexibility index (Phi) is 6.59. The van der Waals surface area contributed by atoms with E-state index < -0.39 is 12.2 Å². The van der Waals surface area contributed by atoms with Crippen molar-refractivity contribution in [3.05, 3.63) is 92.9 Å². The van der Waals surface area contributed by atoms with Gasteiger partial charge >= 0.3 is 5.97 Å². The van der Waals surface area contributed by atoms with Crippen molar-refractivity contribution in [2.75, 3.05) is 0 Å². The maximum atomic E-state index is 12.7. The molecule has 0 fully saturated rings. The number of carbonyl (C=O) groups excluding carboxylic acids is 2. The topological polar surface area (TPSA) is 81.1 Å². The number of hydrazone groups is 1. The van der Waals surface area contributed by atoms with E-state index in [0.717, 1.165) is 27.7 Å². The van der Waals surface area contributed by atoms with Crippen molar-refractivity contribution >= 4 is 60.5 Å². The summed E-state index contributed by atoms with van der Waals surface area (Å²) in [4.78, 5) is 29.3. The zero-order valence-corrected chi connectivity index (χ0v) is 22.4. The molecule has 9 heteroatoms. The zero-order valence-electron chi connectivity index (χ0n) is 19.2. The van der Waals surface area contributed by atoms with Crippen molar-refractivity contribution in [3.8, 4) is 17.0 Å². The third kappa shape index (κ3) is 4.64. The van der Waals surface area contributed by atoms with E-state index in [1.165, 1.54) is 18.9 Å². The second-order valence-electron chi connectivity index (χ2n) is 8.08. The molecule has 36 heavy (non-hydrogen) atoms. The third-order valence-electron chi connectivity index (χ3n) is 5.53. The van der Waals surface area contributed by atoms with E-state index in [-0.39, 0.29) is 17.6 Å². The fourth-order valence-electron chi connectivity index (χ4n) is 4.01. The number of carbonyl (C=O) groups is 2. The SMILES string of the molecule is CC(=O)Oc1c(Br)cc(Br)cc1C1=NN(C(C)=O)[C@@H](c2cc(-c3ccccc3)nc3ccccc23)O1. The van der Waals surface area contributed by atoms with Crippen LogP contribution in [0.3, 0.4) is 0 Å². The summed E-state index contributed by atoms with van der Waals surface area (Å²) >= 11 is 6.90. The number of rotatable bonds is 4. The van der Waals surface area contributed by atoms with Gasteiger partial charge in [0.05, 0.1) is 21.2 Å². The van der Waals surface area contributed by atoms with Crippen molar-refractivity contribution in [1.82, 2.24) is 9.99 Å². The van der Waals surface area contributed by atoms with Crippen LogP contribution in [0.5, 0.6) is 5.75 Å². The number of fused-ring (bicyclic) bond motifs is 1. The predicted octanol–water partition coefficient (Wildman–Crippen LogP) is 6.59. The van der Waals surface area contributed by atoms with Gasteiger partial charge in [-0.25, -0.2) is 4.98 Å². The first-order valence-corrected chi connectivity index (χ1v) is 12.6. The zero-order chi connectivity index (χ0) is 25.4. The number of esters is 1. The van der Waals surface area contributed by atoms with E-state index in [9.17, 15) is 9.59 Å². The first-order chi connectivity index (χ1) is 17.3. The fraction of sp³-hybridized carbons (Fsp3) is 0.111. The largest absolute Gasteiger partial charge is 0.446 e. The summed E-state index contributed by atoms with van der Waals surface area (Å²) in [6, 6.07) is 22.9. The quantitative estimate of drug-likeness (QED) is 0.193. The summed E-state index contributed by atoms with van der Waals surface area (Å²) < 4.78 is 13.0. The third-order valence-corrected chi connectivity index (χ3v) is 6.58. The van der Waals surface area contributed by atoms with Crippen molar-refractivity contribution < 1.29 is 19.1 Å². The molecule has 3 aromatic carbocycles. The average Bonchev–Trinajstić information content (AvgIpc) is 3.31. The average molecular weight is 609 g/mol. The van der Waals surface area contributed by atoms with Crippen LogP contribution in [0.1, 0.15) is 31.2 Å². The Morgan fingerprint density at radius 2 is 1.69 bits per heavy atom. The van der Waals surface area contributed by atoms with Crippen LogP contribution in [0.25, 0.3) is 22.2 Å². The van der Waals surface area contributed by atoms with Crippen LogP contribution < -0.4 is 4.74 Å². The Hall–Kier alpha value is -3.56. The highest BCUT2D eigenvalue weighted by Crippen LogP contribution is 2.40. The normalized spacial score (nSPS) is 14.9. The van der Waals surface area contributed by atoms with E-state index >= 15 is 0 Å². The Morgan fingerprint density at radius 3 is 2.42 bits per heavy atom. The molecule has 0 N–H and O–H groups in total. The number of benzene rings is 3. The molecule has 7 nitrogen and oxygen atoms in total. The second kappa shape index (κ2) is 9.83. The van der Waals surface area contributed by atoms with Gasteiger partial charge in [-0.2, -0.15) is 5.01 Å². The first-order valence-electron chi connectivity index (χ1n) is 11.0. The lowest BCUT2D eigenvalue weighted by Crippen LogP contribution is -2.25. The van der Waals surface area contributed by atoms with Crippen LogP contribution >= 0.6 is 31.9 Å². The molecule has 0 saturated heterocycles. The Balaban J connectivity index is 1.66. The lowest BCUT2D eigenvalue weighted by atomic mass is 10.0. The van der Waals surface area contributed by atoms with Gasteiger partial charge in [0.15, 0.2) is 5.75 Å². The van der Waals surface area contributed by atoms with E-state index in [0.29, 0.717) is 14.5 Å². The van der Waals surface area contributed by atoms with Crippen LogP contribution in [0.2, 0.25) is 0 Å². The molecule has 1 atom stereocenters. The summed E-state index contributed by atoms with van der Waals surface area (Å²) in [5, 5.41) is 6.62. The maximum Gasteiger partial charge on any atom is 0.308 e. The molecule has 0 aliphatic carbocycles. The van der Waals surface area contributed by atoms with Gasteiger partial charge in [-0.05, 0) is 40.2 Å². The molecule has 1 aliphatic heterocycles. The number of nitrogens with zero attached hydrogens (tertiary/aromatic N) is 3. The molecule has 180 valence electrons. The van der Waals surface area contributed by atoms with E-state index in [1.807, 2.05) is 60.7 Å². The van der Waals surface area contributed by atoms with Gasteiger partial charge in [-0.15, -0.1) is 5.10 Å². The highest BCUT2D eigenvalue weighted by atomic mass is 79.9. The smallest absolute Gasteiger partial charge is 0.308 e. The summed E-state index contributed by atoms with van der Waals surface area (Å²) in [6.07, 6.45) is -0.851. The number of aromatic nitrogens is 1. The lowest BCUT2D eigenvalue weighted by Gasteiger charge is -2.21. The molecule has 1 aliphatic rings. The predicted molar refractivity (Wildman–Crippen MR) is 143 cm³/mol. The van der Waals surface area contributed by atoms with Crippen LogP contribution in [0.4, 0.5) is 0 Å². The number of para-hydroxylation sites is 1. The number of halogens is 2. The molecular weight excluding hydrogens is 590 g/mol. The van der Waals surface area contributed by atoms with Crippen molar-refractivity contribution in [1.29, 1.82) is 0 Å². The van der Waals surface area contributed by atoms with E-state index in [4.69, 9.17) is 14.5 Å². The molecule has 0 spiro atoms. The van der Waals surface area contributed by atoms with Crippen molar-refractivity contribution in [2.24, 2.45) is 5.10 Å². The first kappa shape index (κ1) is 24.1. The summed E-state index contributed by atoms with van der Waals surface area (Å²) in [5.41, 5.74) is 3.60. The minimum Gasteiger partial charge on any atom is -0.446 e. The van der Waals surface area contributed by atoms with Crippen LogP contribution in [0.15, 0.2) is 86.8 Å². The van der Waals surface area contributed by atoms with Crippen molar-refractivity contribution in [3.63, 3.8) is 0 Å².